The number of nitrogen functional groups attached to an aromatic ring is 1. The second kappa shape index (κ2) is 5.61. The quantitative estimate of drug-likeness (QED) is 0.689. The standard InChI is InChI=1S/C12H9Cl2NO2S/c13-9-4-7(5-10(15)11(9)14)12(16)17-6-8-2-1-3-18-8/h1-5H,6,15H2. The largest absolute Gasteiger partial charge is 0.456 e. The number of benzene rings is 1. The number of nitrogens with two attached hydrogens (primary N) is 1. The van der Waals surface area contributed by atoms with Crippen molar-refractivity contribution in [3.8, 4) is 0 Å². The number of ether oxygens (including phenoxy) is 1. The Bertz CT molecular complexity index is 546. The van der Waals surface area contributed by atoms with E-state index in [9.17, 15) is 4.79 Å². The van der Waals surface area contributed by atoms with Crippen LogP contribution in [-0.4, -0.2) is 5.97 Å². The Balaban J connectivity index is 2.09. The number of rotatable bonds is 3. The first-order valence-corrected chi connectivity index (χ1v) is 6.65. The molecule has 0 amide bonds. The van der Waals surface area contributed by atoms with E-state index in [0.29, 0.717) is 5.56 Å². The summed E-state index contributed by atoms with van der Waals surface area (Å²) in [6.07, 6.45) is 0. The molecule has 0 atom stereocenters. The molecule has 2 rings (SSSR count). The summed E-state index contributed by atoms with van der Waals surface area (Å²) in [5.41, 5.74) is 6.17. The lowest BCUT2D eigenvalue weighted by atomic mass is 10.2. The minimum atomic E-state index is -0.478. The van der Waals surface area contributed by atoms with Crippen LogP contribution in [0.25, 0.3) is 0 Å². The molecule has 0 aliphatic heterocycles. The van der Waals surface area contributed by atoms with Crippen molar-refractivity contribution in [2.75, 3.05) is 5.73 Å². The first-order chi connectivity index (χ1) is 8.58. The fraction of sp³-hybridized carbons (Fsp3) is 0.0833. The second-order valence-electron chi connectivity index (χ2n) is 3.52. The van der Waals surface area contributed by atoms with Crippen molar-refractivity contribution in [1.82, 2.24) is 0 Å². The average Bonchev–Trinajstić information content (AvgIpc) is 2.85. The van der Waals surface area contributed by atoms with E-state index in [1.165, 1.54) is 23.5 Å². The molecule has 2 aromatic rings. The van der Waals surface area contributed by atoms with Crippen molar-refractivity contribution >= 4 is 46.2 Å². The zero-order chi connectivity index (χ0) is 13.1. The summed E-state index contributed by atoms with van der Waals surface area (Å²) in [5, 5.41) is 2.39. The summed E-state index contributed by atoms with van der Waals surface area (Å²) < 4.78 is 5.14. The predicted molar refractivity (Wildman–Crippen MR) is 74.3 cm³/mol. The zero-order valence-electron chi connectivity index (χ0n) is 9.15. The van der Waals surface area contributed by atoms with E-state index in [4.69, 9.17) is 33.7 Å². The maximum atomic E-state index is 11.8. The van der Waals surface area contributed by atoms with E-state index in [0.717, 1.165) is 4.88 Å². The summed E-state index contributed by atoms with van der Waals surface area (Å²) in [4.78, 5) is 12.7. The van der Waals surface area contributed by atoms with Crippen molar-refractivity contribution in [2.24, 2.45) is 0 Å². The Morgan fingerprint density at radius 1 is 1.39 bits per heavy atom. The van der Waals surface area contributed by atoms with Crippen LogP contribution in [0.3, 0.4) is 0 Å². The normalized spacial score (nSPS) is 10.3. The minimum Gasteiger partial charge on any atom is -0.456 e. The molecule has 1 heterocycles. The van der Waals surface area contributed by atoms with Gasteiger partial charge in [0, 0.05) is 4.88 Å². The predicted octanol–water partition coefficient (Wildman–Crippen LogP) is 3.99. The number of hydrogen-bond donors (Lipinski definition) is 1. The van der Waals surface area contributed by atoms with Gasteiger partial charge in [-0.3, -0.25) is 0 Å². The van der Waals surface area contributed by atoms with E-state index in [1.807, 2.05) is 17.5 Å². The maximum absolute atomic E-state index is 11.8. The molecule has 1 aromatic heterocycles. The molecule has 0 saturated heterocycles. The third-order valence-corrected chi connectivity index (χ3v) is 3.88. The van der Waals surface area contributed by atoms with Crippen LogP contribution in [0.2, 0.25) is 10.0 Å². The molecule has 1 aromatic carbocycles. The van der Waals surface area contributed by atoms with Gasteiger partial charge in [0.15, 0.2) is 0 Å². The van der Waals surface area contributed by atoms with Gasteiger partial charge in [0.25, 0.3) is 0 Å². The van der Waals surface area contributed by atoms with Crippen LogP contribution in [0.5, 0.6) is 0 Å². The lowest BCUT2D eigenvalue weighted by Crippen LogP contribution is -2.05. The number of anilines is 1. The maximum Gasteiger partial charge on any atom is 0.338 e. The molecule has 0 bridgehead atoms. The molecule has 0 aliphatic rings. The van der Waals surface area contributed by atoms with Crippen molar-refractivity contribution in [3.63, 3.8) is 0 Å². The Hall–Kier alpha value is -1.23. The summed E-state index contributed by atoms with van der Waals surface area (Å²) in [5.74, 6) is -0.478. The summed E-state index contributed by atoms with van der Waals surface area (Å²) in [6, 6.07) is 6.67. The van der Waals surface area contributed by atoms with Gasteiger partial charge in [-0.05, 0) is 23.6 Å². The van der Waals surface area contributed by atoms with E-state index >= 15 is 0 Å². The van der Waals surface area contributed by atoms with Crippen molar-refractivity contribution < 1.29 is 9.53 Å². The Morgan fingerprint density at radius 2 is 2.17 bits per heavy atom. The SMILES string of the molecule is Nc1cc(C(=O)OCc2cccs2)cc(Cl)c1Cl. The Morgan fingerprint density at radius 3 is 2.78 bits per heavy atom. The van der Waals surface area contributed by atoms with Crippen LogP contribution in [0, 0.1) is 0 Å². The molecule has 0 aliphatic carbocycles. The van der Waals surface area contributed by atoms with Crippen LogP contribution in [0.1, 0.15) is 15.2 Å². The van der Waals surface area contributed by atoms with Gasteiger partial charge < -0.3 is 10.5 Å². The second-order valence-corrected chi connectivity index (χ2v) is 5.33. The molecule has 94 valence electrons. The lowest BCUT2D eigenvalue weighted by molar-refractivity contribution is 0.0477. The summed E-state index contributed by atoms with van der Waals surface area (Å²) in [6.45, 7) is 0.233. The molecular formula is C12H9Cl2NO2S. The van der Waals surface area contributed by atoms with Gasteiger partial charge in [-0.25, -0.2) is 4.79 Å². The number of halogens is 2. The number of thiophene rings is 1. The highest BCUT2D eigenvalue weighted by Gasteiger charge is 2.12. The molecule has 0 unspecified atom stereocenters. The highest BCUT2D eigenvalue weighted by molar-refractivity contribution is 7.09. The molecule has 0 radical (unpaired) electrons. The van der Waals surface area contributed by atoms with Crippen molar-refractivity contribution in [2.45, 2.75) is 6.61 Å². The van der Waals surface area contributed by atoms with Gasteiger partial charge in [0.1, 0.15) is 6.61 Å². The molecule has 18 heavy (non-hydrogen) atoms. The third-order valence-electron chi connectivity index (χ3n) is 2.22. The molecular weight excluding hydrogens is 293 g/mol. The third kappa shape index (κ3) is 2.96. The van der Waals surface area contributed by atoms with Gasteiger partial charge in [0.2, 0.25) is 0 Å². The summed E-state index contributed by atoms with van der Waals surface area (Å²) >= 11 is 13.2. The van der Waals surface area contributed by atoms with Crippen LogP contribution >= 0.6 is 34.5 Å². The monoisotopic (exact) mass is 301 g/mol. The molecule has 6 heteroatoms. The first kappa shape index (κ1) is 13.2. The molecule has 0 saturated carbocycles. The van der Waals surface area contributed by atoms with Crippen LogP contribution in [0.4, 0.5) is 5.69 Å². The zero-order valence-corrected chi connectivity index (χ0v) is 11.5. The van der Waals surface area contributed by atoms with Crippen LogP contribution in [-0.2, 0) is 11.3 Å². The highest BCUT2D eigenvalue weighted by Crippen LogP contribution is 2.29. The number of esters is 1. The summed E-state index contributed by atoms with van der Waals surface area (Å²) in [7, 11) is 0. The van der Waals surface area contributed by atoms with Crippen molar-refractivity contribution in [3.05, 3.63) is 50.1 Å². The van der Waals surface area contributed by atoms with E-state index in [2.05, 4.69) is 0 Å². The number of carbonyl (C=O) groups excluding carboxylic acids is 1. The van der Waals surface area contributed by atoms with E-state index in [-0.39, 0.29) is 22.3 Å². The molecule has 3 nitrogen and oxygen atoms in total. The van der Waals surface area contributed by atoms with Gasteiger partial charge in [-0.1, -0.05) is 29.3 Å². The highest BCUT2D eigenvalue weighted by atomic mass is 35.5. The van der Waals surface area contributed by atoms with Gasteiger partial charge in [-0.2, -0.15) is 0 Å². The molecule has 2 N–H and O–H groups in total. The fourth-order valence-electron chi connectivity index (χ4n) is 1.34. The van der Waals surface area contributed by atoms with E-state index in [1.54, 1.807) is 0 Å². The van der Waals surface area contributed by atoms with Crippen LogP contribution < -0.4 is 5.73 Å². The molecule has 0 fully saturated rings. The average molecular weight is 302 g/mol. The lowest BCUT2D eigenvalue weighted by Gasteiger charge is -2.06. The van der Waals surface area contributed by atoms with Gasteiger partial charge in [0.05, 0.1) is 21.3 Å². The van der Waals surface area contributed by atoms with Crippen LogP contribution in [0.15, 0.2) is 29.6 Å². The Labute approximate surface area is 118 Å². The fourth-order valence-corrected chi connectivity index (χ4v) is 2.29. The number of hydrogen-bond acceptors (Lipinski definition) is 4. The number of carbonyl (C=O) groups is 1. The van der Waals surface area contributed by atoms with E-state index < -0.39 is 5.97 Å². The first-order valence-electron chi connectivity index (χ1n) is 5.02. The smallest absolute Gasteiger partial charge is 0.338 e. The topological polar surface area (TPSA) is 52.3 Å². The van der Waals surface area contributed by atoms with Gasteiger partial charge >= 0.3 is 5.97 Å². The van der Waals surface area contributed by atoms with Crippen molar-refractivity contribution in [1.29, 1.82) is 0 Å². The molecule has 0 spiro atoms. The Kier molecular flexibility index (Phi) is 4.11. The minimum absolute atomic E-state index is 0.233. The van der Waals surface area contributed by atoms with Gasteiger partial charge in [-0.15, -0.1) is 11.3 Å².